The summed E-state index contributed by atoms with van der Waals surface area (Å²) in [4.78, 5) is 0. The van der Waals surface area contributed by atoms with Crippen molar-refractivity contribution >= 4 is 20.2 Å². The van der Waals surface area contributed by atoms with E-state index in [-0.39, 0.29) is 0 Å². The van der Waals surface area contributed by atoms with Crippen LogP contribution < -0.4 is 9.13 Å². The molecule has 0 saturated carbocycles. The SMILES string of the molecule is CCCCCCCCCCCC[n+]1ccn(CCCCCCn2cc[n+](CCCCCCCCCCCC)c2)c1.CS(=O)(=O)[O-].CS(=O)(=O)[O-]. The molecule has 0 amide bonds. The Morgan fingerprint density at radius 1 is 0.440 bits per heavy atom. The third kappa shape index (κ3) is 39.0. The van der Waals surface area contributed by atoms with Crippen molar-refractivity contribution in [1.82, 2.24) is 9.13 Å². The number of aromatic nitrogens is 4. The maximum atomic E-state index is 9.08. The number of hydrogen-bond acceptors (Lipinski definition) is 6. The summed E-state index contributed by atoms with van der Waals surface area (Å²) in [7, 11) is -7.83. The second-order valence-corrected chi connectivity index (χ2v) is 16.8. The van der Waals surface area contributed by atoms with Gasteiger partial charge in [0.1, 0.15) is 24.8 Å². The smallest absolute Gasteiger partial charge is 0.243 e. The van der Waals surface area contributed by atoms with Crippen molar-refractivity contribution in [3.8, 4) is 0 Å². The number of nitrogens with zero attached hydrogens (tertiary/aromatic N) is 4. The Labute approximate surface area is 307 Å². The molecule has 50 heavy (non-hydrogen) atoms. The van der Waals surface area contributed by atoms with Crippen LogP contribution in [0.5, 0.6) is 0 Å². The van der Waals surface area contributed by atoms with Gasteiger partial charge in [0.05, 0.1) is 46.4 Å². The van der Waals surface area contributed by atoms with E-state index in [0.717, 1.165) is 13.1 Å². The molecule has 0 unspecified atom stereocenters. The number of rotatable bonds is 29. The molecular formula is C38H74N4O6S2. The summed E-state index contributed by atoms with van der Waals surface area (Å²) in [6.45, 7) is 9.28. The zero-order valence-electron chi connectivity index (χ0n) is 32.3. The largest absolute Gasteiger partial charge is 0.748 e. The van der Waals surface area contributed by atoms with E-state index in [9.17, 15) is 0 Å². The van der Waals surface area contributed by atoms with Gasteiger partial charge in [0, 0.05) is 12.5 Å². The van der Waals surface area contributed by atoms with Gasteiger partial charge in [-0.15, -0.1) is 0 Å². The van der Waals surface area contributed by atoms with E-state index in [2.05, 4.69) is 69.6 Å². The molecule has 0 aromatic carbocycles. The highest BCUT2D eigenvalue weighted by molar-refractivity contribution is 7.85. The summed E-state index contributed by atoms with van der Waals surface area (Å²) >= 11 is 0. The summed E-state index contributed by atoms with van der Waals surface area (Å²) < 4.78 is 64.0. The van der Waals surface area contributed by atoms with Crippen molar-refractivity contribution in [2.24, 2.45) is 0 Å². The van der Waals surface area contributed by atoms with Crippen LogP contribution in [0.1, 0.15) is 168 Å². The normalized spacial score (nSPS) is 11.6. The van der Waals surface area contributed by atoms with E-state index in [1.165, 1.54) is 167 Å². The van der Waals surface area contributed by atoms with Gasteiger partial charge in [-0.2, -0.15) is 0 Å². The van der Waals surface area contributed by atoms with Gasteiger partial charge in [0.25, 0.3) is 0 Å². The Morgan fingerprint density at radius 2 is 0.680 bits per heavy atom. The Hall–Kier alpha value is -1.76. The molecule has 12 heteroatoms. The van der Waals surface area contributed by atoms with Crippen molar-refractivity contribution in [3.63, 3.8) is 0 Å². The summed E-state index contributed by atoms with van der Waals surface area (Å²) in [6, 6.07) is 0. The molecule has 0 radical (unpaired) electrons. The molecule has 2 aromatic heterocycles. The molecule has 0 bridgehead atoms. The van der Waals surface area contributed by atoms with Crippen LogP contribution in [0.2, 0.25) is 0 Å². The van der Waals surface area contributed by atoms with Crippen LogP contribution in [-0.2, 0) is 46.4 Å². The van der Waals surface area contributed by atoms with E-state index in [1.807, 2.05) is 0 Å². The molecule has 10 nitrogen and oxygen atoms in total. The van der Waals surface area contributed by atoms with Crippen LogP contribution in [-0.4, -0.2) is 47.6 Å². The van der Waals surface area contributed by atoms with Crippen LogP contribution >= 0.6 is 0 Å². The second-order valence-electron chi connectivity index (χ2n) is 14.0. The van der Waals surface area contributed by atoms with Gasteiger partial charge in [-0.1, -0.05) is 117 Å². The van der Waals surface area contributed by atoms with Gasteiger partial charge in [-0.05, 0) is 51.4 Å². The number of imidazole rings is 2. The highest BCUT2D eigenvalue weighted by Gasteiger charge is 2.06. The van der Waals surface area contributed by atoms with E-state index in [1.54, 1.807) is 0 Å². The first kappa shape index (κ1) is 48.2. The van der Waals surface area contributed by atoms with Crippen molar-refractivity contribution in [1.29, 1.82) is 0 Å². The van der Waals surface area contributed by atoms with Gasteiger partial charge < -0.3 is 9.11 Å². The zero-order valence-corrected chi connectivity index (χ0v) is 34.0. The molecule has 0 aliphatic rings. The Balaban J connectivity index is 0.00000210. The molecule has 0 saturated heterocycles. The number of hydrogen-bond donors (Lipinski definition) is 0. The summed E-state index contributed by atoms with van der Waals surface area (Å²) in [5.74, 6) is 0. The first-order valence-electron chi connectivity index (χ1n) is 19.7. The van der Waals surface area contributed by atoms with Crippen LogP contribution in [0.15, 0.2) is 37.4 Å². The number of unbranched alkanes of at least 4 members (excludes halogenated alkanes) is 21. The second kappa shape index (κ2) is 31.9. The molecule has 2 heterocycles. The fraction of sp³-hybridized carbons (Fsp3) is 0.842. The van der Waals surface area contributed by atoms with Crippen molar-refractivity contribution in [2.45, 2.75) is 194 Å². The molecule has 294 valence electrons. The first-order valence-corrected chi connectivity index (χ1v) is 23.4. The third-order valence-corrected chi connectivity index (χ3v) is 8.61. The predicted molar refractivity (Wildman–Crippen MR) is 203 cm³/mol. The lowest BCUT2D eigenvalue weighted by Gasteiger charge is -2.02. The molecule has 2 aromatic rings. The topological polar surface area (TPSA) is 132 Å². The van der Waals surface area contributed by atoms with E-state index in [4.69, 9.17) is 25.9 Å². The Kier molecular flexibility index (Phi) is 30.8. The monoisotopic (exact) mass is 747 g/mol. The summed E-state index contributed by atoms with van der Waals surface area (Å²) in [6.07, 6.45) is 48.4. The fourth-order valence-electron chi connectivity index (χ4n) is 5.91. The van der Waals surface area contributed by atoms with E-state index >= 15 is 0 Å². The molecule has 0 fully saturated rings. The fourth-order valence-corrected chi connectivity index (χ4v) is 5.91. The minimum atomic E-state index is -3.92. The predicted octanol–water partition coefficient (Wildman–Crippen LogP) is 8.29. The standard InChI is InChI=1S/C36H68N4.2CH4O3S/c1-3-5-7-9-11-13-15-17-19-23-27-37-31-33-39(35-37)29-25-21-22-26-30-40-34-32-38(36-40)28-24-20-18-16-14-12-10-8-6-4-2;2*1-5(2,3)4/h31-36H,3-30H2,1-2H3;2*1H3,(H,2,3,4)/q+2;;/p-2. The van der Waals surface area contributed by atoms with E-state index < -0.39 is 20.2 Å². The minimum absolute atomic E-state index is 0.604. The van der Waals surface area contributed by atoms with Crippen LogP contribution in [0.4, 0.5) is 0 Å². The molecule has 0 aliphatic carbocycles. The van der Waals surface area contributed by atoms with Gasteiger partial charge in [-0.3, -0.25) is 0 Å². The van der Waals surface area contributed by atoms with Crippen LogP contribution in [0.25, 0.3) is 0 Å². The highest BCUT2D eigenvalue weighted by atomic mass is 32.2. The van der Waals surface area contributed by atoms with Crippen LogP contribution in [0, 0.1) is 0 Å². The lowest BCUT2D eigenvalue weighted by Crippen LogP contribution is -2.30. The average molecular weight is 747 g/mol. The lowest BCUT2D eigenvalue weighted by atomic mass is 10.1. The molecule has 0 aliphatic heterocycles. The lowest BCUT2D eigenvalue weighted by molar-refractivity contribution is -0.697. The molecule has 0 spiro atoms. The van der Waals surface area contributed by atoms with Crippen molar-refractivity contribution < 1.29 is 35.1 Å². The first-order chi connectivity index (χ1) is 23.8. The van der Waals surface area contributed by atoms with Gasteiger partial charge in [0.15, 0.2) is 0 Å². The maximum Gasteiger partial charge on any atom is 0.243 e. The number of aryl methyl sites for hydroxylation is 4. The summed E-state index contributed by atoms with van der Waals surface area (Å²) in [5, 5.41) is 0. The van der Waals surface area contributed by atoms with Crippen molar-refractivity contribution in [2.75, 3.05) is 12.5 Å². The van der Waals surface area contributed by atoms with Crippen LogP contribution in [0.3, 0.4) is 0 Å². The molecule has 0 atom stereocenters. The molecular weight excluding hydrogens is 673 g/mol. The average Bonchev–Trinajstić information content (AvgIpc) is 3.68. The minimum Gasteiger partial charge on any atom is -0.748 e. The Morgan fingerprint density at radius 3 is 0.960 bits per heavy atom. The summed E-state index contributed by atoms with van der Waals surface area (Å²) in [5.41, 5.74) is 0. The van der Waals surface area contributed by atoms with E-state index in [0.29, 0.717) is 12.5 Å². The zero-order chi connectivity index (χ0) is 37.4. The molecule has 0 N–H and O–H groups in total. The highest BCUT2D eigenvalue weighted by Crippen LogP contribution is 2.12. The van der Waals surface area contributed by atoms with Gasteiger partial charge >= 0.3 is 0 Å². The molecule has 2 rings (SSSR count). The van der Waals surface area contributed by atoms with Gasteiger partial charge in [-0.25, -0.2) is 35.1 Å². The third-order valence-electron chi connectivity index (χ3n) is 8.61. The maximum absolute atomic E-state index is 9.08. The Bertz CT molecular complexity index is 1130. The van der Waals surface area contributed by atoms with Crippen molar-refractivity contribution in [3.05, 3.63) is 37.4 Å². The van der Waals surface area contributed by atoms with Gasteiger partial charge in [0.2, 0.25) is 12.7 Å². The quantitative estimate of drug-likeness (QED) is 0.0468.